The van der Waals surface area contributed by atoms with Crippen molar-refractivity contribution in [2.24, 2.45) is 0 Å². The van der Waals surface area contributed by atoms with E-state index in [1.54, 1.807) is 18.1 Å². The molecule has 2 aromatic rings. The van der Waals surface area contributed by atoms with Crippen molar-refractivity contribution in [3.8, 4) is 11.5 Å². The third kappa shape index (κ3) is 3.88. The van der Waals surface area contributed by atoms with Gasteiger partial charge in [0.2, 0.25) is 0 Å². The Morgan fingerprint density at radius 1 is 1.20 bits per heavy atom. The van der Waals surface area contributed by atoms with Gasteiger partial charge in [-0.2, -0.15) is 0 Å². The number of ether oxygens (including phenoxy) is 2. The fourth-order valence-corrected chi connectivity index (χ4v) is 2.79. The van der Waals surface area contributed by atoms with Gasteiger partial charge in [0.15, 0.2) is 0 Å². The van der Waals surface area contributed by atoms with Gasteiger partial charge in [0.25, 0.3) is 11.6 Å². The second-order valence-corrected chi connectivity index (χ2v) is 5.76. The molecule has 2 aromatic carbocycles. The molecule has 1 atom stereocenters. The van der Waals surface area contributed by atoms with E-state index >= 15 is 0 Å². The Bertz CT molecular complexity index is 775. The van der Waals surface area contributed by atoms with E-state index in [2.05, 4.69) is 0 Å². The molecule has 0 radical (unpaired) electrons. The van der Waals surface area contributed by atoms with Crippen molar-refractivity contribution in [1.29, 1.82) is 0 Å². The molecule has 7 nitrogen and oxygen atoms in total. The van der Waals surface area contributed by atoms with Gasteiger partial charge in [-0.05, 0) is 30.3 Å². The van der Waals surface area contributed by atoms with E-state index in [0.29, 0.717) is 25.1 Å². The highest BCUT2D eigenvalue weighted by molar-refractivity contribution is 5.95. The minimum atomic E-state index is -0.504. The van der Waals surface area contributed by atoms with Crippen molar-refractivity contribution in [2.45, 2.75) is 12.5 Å². The second-order valence-electron chi connectivity index (χ2n) is 5.76. The van der Waals surface area contributed by atoms with Crippen LogP contribution in [0, 0.1) is 10.1 Å². The van der Waals surface area contributed by atoms with Crippen molar-refractivity contribution >= 4 is 11.6 Å². The Morgan fingerprint density at radius 2 is 1.92 bits per heavy atom. The summed E-state index contributed by atoms with van der Waals surface area (Å²) in [5, 5.41) is 10.8. The molecule has 3 rings (SSSR count). The van der Waals surface area contributed by atoms with Gasteiger partial charge in [0.1, 0.15) is 17.6 Å². The third-order valence-corrected chi connectivity index (χ3v) is 4.10. The van der Waals surface area contributed by atoms with Crippen LogP contribution in [0.3, 0.4) is 0 Å². The summed E-state index contributed by atoms with van der Waals surface area (Å²) in [6.45, 7) is 1.01. The van der Waals surface area contributed by atoms with E-state index in [9.17, 15) is 14.9 Å². The highest BCUT2D eigenvalue weighted by Gasteiger charge is 2.28. The second kappa shape index (κ2) is 7.21. The fourth-order valence-electron chi connectivity index (χ4n) is 2.79. The number of benzene rings is 2. The number of carbonyl (C=O) groups is 1. The van der Waals surface area contributed by atoms with Crippen LogP contribution in [0.2, 0.25) is 0 Å². The molecule has 25 heavy (non-hydrogen) atoms. The van der Waals surface area contributed by atoms with Crippen LogP contribution in [0.5, 0.6) is 11.5 Å². The molecule has 0 aliphatic carbocycles. The largest absolute Gasteiger partial charge is 0.497 e. The molecule has 7 heteroatoms. The van der Waals surface area contributed by atoms with Gasteiger partial charge in [-0.3, -0.25) is 14.9 Å². The maximum absolute atomic E-state index is 12.5. The summed E-state index contributed by atoms with van der Waals surface area (Å²) in [4.78, 5) is 24.5. The van der Waals surface area contributed by atoms with Gasteiger partial charge < -0.3 is 14.4 Å². The third-order valence-electron chi connectivity index (χ3n) is 4.10. The zero-order valence-electron chi connectivity index (χ0n) is 13.8. The number of methoxy groups -OCH3 is 1. The maximum Gasteiger partial charge on any atom is 0.270 e. The molecule has 1 aliphatic rings. The van der Waals surface area contributed by atoms with E-state index in [-0.39, 0.29) is 17.7 Å². The molecular weight excluding hydrogens is 324 g/mol. The van der Waals surface area contributed by atoms with Crippen molar-refractivity contribution in [3.63, 3.8) is 0 Å². The Hall–Kier alpha value is -3.09. The highest BCUT2D eigenvalue weighted by atomic mass is 16.6. The number of nitrogens with zero attached hydrogens (tertiary/aromatic N) is 2. The summed E-state index contributed by atoms with van der Waals surface area (Å²) in [5.74, 6) is 1.25. The summed E-state index contributed by atoms with van der Waals surface area (Å²) in [7, 11) is 1.60. The Balaban J connectivity index is 1.62. The van der Waals surface area contributed by atoms with E-state index in [4.69, 9.17) is 9.47 Å². The Kier molecular flexibility index (Phi) is 4.83. The predicted octanol–water partition coefficient (Wildman–Crippen LogP) is 2.90. The minimum Gasteiger partial charge on any atom is -0.497 e. The van der Waals surface area contributed by atoms with Crippen LogP contribution in [0.15, 0.2) is 48.5 Å². The number of nitro groups is 1. The van der Waals surface area contributed by atoms with Crippen molar-refractivity contribution in [2.75, 3.05) is 20.2 Å². The van der Waals surface area contributed by atoms with Crippen LogP contribution in [0.4, 0.5) is 5.69 Å². The van der Waals surface area contributed by atoms with E-state index < -0.39 is 4.92 Å². The van der Waals surface area contributed by atoms with Crippen molar-refractivity contribution < 1.29 is 19.2 Å². The van der Waals surface area contributed by atoms with Gasteiger partial charge in [0.05, 0.1) is 18.6 Å². The number of non-ortho nitro benzene ring substituents is 1. The standard InChI is InChI=1S/C18H18N2O5/c1-24-15-5-7-16(8-6-15)25-17-9-10-19(12-17)18(21)13-3-2-4-14(11-13)20(22)23/h2-8,11,17H,9-10,12H2,1H3/t17-/m1/s1. The summed E-state index contributed by atoms with van der Waals surface area (Å²) >= 11 is 0. The lowest BCUT2D eigenvalue weighted by Crippen LogP contribution is -2.30. The first-order valence-corrected chi connectivity index (χ1v) is 7.91. The van der Waals surface area contributed by atoms with Crippen molar-refractivity contribution in [1.82, 2.24) is 4.90 Å². The van der Waals surface area contributed by atoms with E-state index in [1.807, 2.05) is 24.3 Å². The molecule has 1 heterocycles. The molecule has 1 saturated heterocycles. The van der Waals surface area contributed by atoms with Gasteiger partial charge >= 0.3 is 0 Å². The Labute approximate surface area is 144 Å². The van der Waals surface area contributed by atoms with Gasteiger partial charge in [-0.15, -0.1) is 0 Å². The quantitative estimate of drug-likeness (QED) is 0.616. The van der Waals surface area contributed by atoms with Crippen LogP contribution >= 0.6 is 0 Å². The number of amides is 1. The minimum absolute atomic E-state index is 0.0870. The molecule has 0 saturated carbocycles. The predicted molar refractivity (Wildman–Crippen MR) is 91.0 cm³/mol. The first kappa shape index (κ1) is 16.8. The van der Waals surface area contributed by atoms with E-state index in [1.165, 1.54) is 18.2 Å². The number of hydrogen-bond donors (Lipinski definition) is 0. The first-order chi connectivity index (χ1) is 12.1. The summed E-state index contributed by atoms with van der Waals surface area (Å²) < 4.78 is 11.0. The number of carbonyl (C=O) groups excluding carboxylic acids is 1. The SMILES string of the molecule is COc1ccc(O[C@@H]2CCN(C(=O)c3cccc([N+](=O)[O-])c3)C2)cc1. The number of likely N-dealkylation sites (tertiary alicyclic amines) is 1. The normalized spacial score (nSPS) is 16.5. The van der Waals surface area contributed by atoms with Crippen LogP contribution in [-0.4, -0.2) is 42.0 Å². The molecule has 0 N–H and O–H groups in total. The van der Waals surface area contributed by atoms with Crippen LogP contribution < -0.4 is 9.47 Å². The monoisotopic (exact) mass is 342 g/mol. The average Bonchev–Trinajstić information content (AvgIpc) is 3.10. The topological polar surface area (TPSA) is 81.9 Å². The zero-order chi connectivity index (χ0) is 17.8. The summed E-state index contributed by atoms with van der Waals surface area (Å²) in [6.07, 6.45) is 0.614. The lowest BCUT2D eigenvalue weighted by Gasteiger charge is -2.17. The van der Waals surface area contributed by atoms with Crippen molar-refractivity contribution in [3.05, 3.63) is 64.2 Å². The highest BCUT2D eigenvalue weighted by Crippen LogP contribution is 2.23. The fraction of sp³-hybridized carbons (Fsp3) is 0.278. The van der Waals surface area contributed by atoms with Gasteiger partial charge in [-0.25, -0.2) is 0 Å². The number of rotatable bonds is 5. The number of hydrogen-bond acceptors (Lipinski definition) is 5. The van der Waals surface area contributed by atoms with Crippen LogP contribution in [0.25, 0.3) is 0 Å². The zero-order valence-corrected chi connectivity index (χ0v) is 13.8. The maximum atomic E-state index is 12.5. The summed E-state index contributed by atoms with van der Waals surface area (Å²) in [6, 6.07) is 13.1. The molecule has 0 bridgehead atoms. The van der Waals surface area contributed by atoms with Gasteiger partial charge in [-0.1, -0.05) is 6.07 Å². The molecule has 1 aliphatic heterocycles. The van der Waals surface area contributed by atoms with Gasteiger partial charge in [0, 0.05) is 30.7 Å². The molecule has 1 fully saturated rings. The summed E-state index contributed by atoms with van der Waals surface area (Å²) in [5.41, 5.74) is 0.232. The molecule has 0 unspecified atom stereocenters. The lowest BCUT2D eigenvalue weighted by molar-refractivity contribution is -0.384. The van der Waals surface area contributed by atoms with E-state index in [0.717, 1.165) is 11.5 Å². The molecule has 0 spiro atoms. The number of nitro benzene ring substituents is 1. The molecule has 1 amide bonds. The molecule has 0 aromatic heterocycles. The molecular formula is C18H18N2O5. The smallest absolute Gasteiger partial charge is 0.270 e. The first-order valence-electron chi connectivity index (χ1n) is 7.91. The molecule has 130 valence electrons. The Morgan fingerprint density at radius 3 is 2.60 bits per heavy atom. The lowest BCUT2D eigenvalue weighted by atomic mass is 10.2. The van der Waals surface area contributed by atoms with Crippen LogP contribution in [-0.2, 0) is 0 Å². The van der Waals surface area contributed by atoms with Crippen LogP contribution in [0.1, 0.15) is 16.8 Å². The average molecular weight is 342 g/mol.